The summed E-state index contributed by atoms with van der Waals surface area (Å²) in [6.45, 7) is 7.50. The Morgan fingerprint density at radius 1 is 1.53 bits per heavy atom. The molecule has 0 saturated carbocycles. The molecular weight excluding hydrogens is 188 g/mol. The van der Waals surface area contributed by atoms with Crippen molar-refractivity contribution in [3.8, 4) is 0 Å². The van der Waals surface area contributed by atoms with Crippen LogP contribution in [0.25, 0.3) is 0 Å². The highest BCUT2D eigenvalue weighted by Crippen LogP contribution is 2.09. The maximum Gasteiger partial charge on any atom is 0.220 e. The molecule has 1 heterocycles. The molecule has 3 nitrogen and oxygen atoms in total. The first-order chi connectivity index (χ1) is 7.08. The molecule has 0 aromatic rings. The summed E-state index contributed by atoms with van der Waals surface area (Å²) in [6, 6.07) is 0.926. The van der Waals surface area contributed by atoms with E-state index in [1.165, 1.54) is 0 Å². The number of nitrogens with one attached hydrogen (secondary N) is 2. The van der Waals surface area contributed by atoms with Crippen LogP contribution >= 0.6 is 0 Å². The summed E-state index contributed by atoms with van der Waals surface area (Å²) in [5, 5.41) is 6.51. The van der Waals surface area contributed by atoms with E-state index < -0.39 is 0 Å². The van der Waals surface area contributed by atoms with Crippen molar-refractivity contribution in [1.29, 1.82) is 0 Å². The van der Waals surface area contributed by atoms with Gasteiger partial charge in [-0.3, -0.25) is 4.79 Å². The van der Waals surface area contributed by atoms with E-state index in [2.05, 4.69) is 31.4 Å². The molecule has 0 radical (unpaired) electrons. The molecule has 1 fully saturated rings. The lowest BCUT2D eigenvalue weighted by atomic mass is 10.00. The Bertz CT molecular complexity index is 204. The number of rotatable bonds is 4. The Kier molecular flexibility index (Phi) is 5.09. The van der Waals surface area contributed by atoms with Gasteiger partial charge in [-0.25, -0.2) is 0 Å². The predicted octanol–water partition coefficient (Wildman–Crippen LogP) is 1.68. The molecule has 0 aliphatic carbocycles. The predicted molar refractivity (Wildman–Crippen MR) is 62.7 cm³/mol. The van der Waals surface area contributed by atoms with E-state index in [1.807, 2.05) is 0 Å². The zero-order valence-electron chi connectivity index (χ0n) is 10.2. The monoisotopic (exact) mass is 212 g/mol. The van der Waals surface area contributed by atoms with Crippen LogP contribution in [0.2, 0.25) is 0 Å². The summed E-state index contributed by atoms with van der Waals surface area (Å²) in [5.41, 5.74) is 0. The maximum absolute atomic E-state index is 11.6. The van der Waals surface area contributed by atoms with Crippen LogP contribution in [0.5, 0.6) is 0 Å². The van der Waals surface area contributed by atoms with Gasteiger partial charge in [-0.05, 0) is 38.6 Å². The number of hydrogen-bond donors (Lipinski definition) is 2. The second kappa shape index (κ2) is 6.11. The van der Waals surface area contributed by atoms with Gasteiger partial charge in [0.15, 0.2) is 0 Å². The fraction of sp³-hybridized carbons (Fsp3) is 0.917. The van der Waals surface area contributed by atoms with Crippen LogP contribution in [0.1, 0.15) is 46.5 Å². The van der Waals surface area contributed by atoms with Crippen molar-refractivity contribution in [2.45, 2.75) is 58.5 Å². The summed E-state index contributed by atoms with van der Waals surface area (Å²) in [6.07, 6.45) is 3.80. The average molecular weight is 212 g/mol. The quantitative estimate of drug-likeness (QED) is 0.744. The van der Waals surface area contributed by atoms with Gasteiger partial charge in [0.1, 0.15) is 0 Å². The molecular formula is C12H24N2O. The Labute approximate surface area is 93.0 Å². The van der Waals surface area contributed by atoms with Gasteiger partial charge in [0.2, 0.25) is 5.91 Å². The first-order valence-electron chi connectivity index (χ1n) is 6.10. The van der Waals surface area contributed by atoms with Gasteiger partial charge in [0.25, 0.3) is 0 Å². The van der Waals surface area contributed by atoms with Crippen molar-refractivity contribution >= 4 is 5.91 Å². The number of hydrogen-bond acceptors (Lipinski definition) is 2. The molecule has 0 aromatic carbocycles. The lowest BCUT2D eigenvalue weighted by Crippen LogP contribution is -2.46. The molecule has 2 N–H and O–H groups in total. The van der Waals surface area contributed by atoms with Crippen LogP contribution in [-0.4, -0.2) is 24.5 Å². The lowest BCUT2D eigenvalue weighted by molar-refractivity contribution is -0.122. The SMILES string of the molecule is CC(C)CCC(=O)NC1CCNC(C)C1. The molecule has 0 bridgehead atoms. The third kappa shape index (κ3) is 5.17. The third-order valence-electron chi connectivity index (χ3n) is 2.94. The van der Waals surface area contributed by atoms with Crippen molar-refractivity contribution in [2.75, 3.05) is 6.54 Å². The highest BCUT2D eigenvalue weighted by molar-refractivity contribution is 5.76. The van der Waals surface area contributed by atoms with Crippen molar-refractivity contribution in [2.24, 2.45) is 5.92 Å². The molecule has 3 heteroatoms. The van der Waals surface area contributed by atoms with Crippen molar-refractivity contribution < 1.29 is 4.79 Å². The zero-order valence-corrected chi connectivity index (χ0v) is 10.2. The highest BCUT2D eigenvalue weighted by atomic mass is 16.1. The Morgan fingerprint density at radius 2 is 2.27 bits per heavy atom. The lowest BCUT2D eigenvalue weighted by Gasteiger charge is -2.28. The molecule has 2 atom stereocenters. The minimum atomic E-state index is 0.225. The molecule has 1 rings (SSSR count). The van der Waals surface area contributed by atoms with Crippen LogP contribution in [0.3, 0.4) is 0 Å². The molecule has 0 spiro atoms. The first-order valence-corrected chi connectivity index (χ1v) is 6.10. The van der Waals surface area contributed by atoms with E-state index in [-0.39, 0.29) is 5.91 Å². The Balaban J connectivity index is 2.19. The van der Waals surface area contributed by atoms with Gasteiger partial charge < -0.3 is 10.6 Å². The molecule has 88 valence electrons. The number of carbonyl (C=O) groups excluding carboxylic acids is 1. The Morgan fingerprint density at radius 3 is 2.87 bits per heavy atom. The normalized spacial score (nSPS) is 26.7. The van der Waals surface area contributed by atoms with E-state index in [9.17, 15) is 4.79 Å². The van der Waals surface area contributed by atoms with Gasteiger partial charge in [-0.15, -0.1) is 0 Å². The van der Waals surface area contributed by atoms with Crippen LogP contribution < -0.4 is 10.6 Å². The second-order valence-corrected chi connectivity index (χ2v) is 5.08. The van der Waals surface area contributed by atoms with E-state index in [4.69, 9.17) is 0 Å². The van der Waals surface area contributed by atoms with Crippen molar-refractivity contribution in [1.82, 2.24) is 10.6 Å². The molecule has 1 aliphatic rings. The largest absolute Gasteiger partial charge is 0.353 e. The molecule has 1 aliphatic heterocycles. The summed E-state index contributed by atoms with van der Waals surface area (Å²) >= 11 is 0. The second-order valence-electron chi connectivity index (χ2n) is 5.08. The number of amides is 1. The van der Waals surface area contributed by atoms with Crippen LogP contribution in [0.4, 0.5) is 0 Å². The minimum absolute atomic E-state index is 0.225. The van der Waals surface area contributed by atoms with Gasteiger partial charge in [-0.2, -0.15) is 0 Å². The van der Waals surface area contributed by atoms with Crippen LogP contribution in [0.15, 0.2) is 0 Å². The van der Waals surface area contributed by atoms with E-state index in [0.717, 1.165) is 25.8 Å². The third-order valence-corrected chi connectivity index (χ3v) is 2.94. The van der Waals surface area contributed by atoms with Gasteiger partial charge in [0, 0.05) is 18.5 Å². The van der Waals surface area contributed by atoms with Crippen LogP contribution in [0, 0.1) is 5.92 Å². The zero-order chi connectivity index (χ0) is 11.3. The standard InChI is InChI=1S/C12H24N2O/c1-9(2)4-5-12(15)14-11-6-7-13-10(3)8-11/h9-11,13H,4-8H2,1-3H3,(H,14,15). The summed E-state index contributed by atoms with van der Waals surface area (Å²) in [7, 11) is 0. The summed E-state index contributed by atoms with van der Waals surface area (Å²) in [4.78, 5) is 11.6. The molecule has 15 heavy (non-hydrogen) atoms. The number of carbonyl (C=O) groups is 1. The smallest absolute Gasteiger partial charge is 0.220 e. The Hall–Kier alpha value is -0.570. The molecule has 2 unspecified atom stereocenters. The average Bonchev–Trinajstić information content (AvgIpc) is 2.15. The molecule has 1 saturated heterocycles. The number of piperidine rings is 1. The van der Waals surface area contributed by atoms with Gasteiger partial charge in [-0.1, -0.05) is 13.8 Å². The van der Waals surface area contributed by atoms with Gasteiger partial charge >= 0.3 is 0 Å². The van der Waals surface area contributed by atoms with E-state index in [1.54, 1.807) is 0 Å². The molecule has 1 amide bonds. The fourth-order valence-corrected chi connectivity index (χ4v) is 1.98. The van der Waals surface area contributed by atoms with Crippen molar-refractivity contribution in [3.05, 3.63) is 0 Å². The summed E-state index contributed by atoms with van der Waals surface area (Å²) in [5.74, 6) is 0.838. The molecule has 0 aromatic heterocycles. The summed E-state index contributed by atoms with van der Waals surface area (Å²) < 4.78 is 0. The fourth-order valence-electron chi connectivity index (χ4n) is 1.98. The van der Waals surface area contributed by atoms with Crippen molar-refractivity contribution in [3.63, 3.8) is 0 Å². The van der Waals surface area contributed by atoms with E-state index in [0.29, 0.717) is 24.4 Å². The highest BCUT2D eigenvalue weighted by Gasteiger charge is 2.19. The van der Waals surface area contributed by atoms with Crippen LogP contribution in [-0.2, 0) is 4.79 Å². The topological polar surface area (TPSA) is 41.1 Å². The maximum atomic E-state index is 11.6. The van der Waals surface area contributed by atoms with E-state index >= 15 is 0 Å². The van der Waals surface area contributed by atoms with Gasteiger partial charge in [0.05, 0.1) is 0 Å². The minimum Gasteiger partial charge on any atom is -0.353 e. The first kappa shape index (κ1) is 12.5.